The van der Waals surface area contributed by atoms with Crippen LogP contribution in [-0.2, 0) is 0 Å². The Morgan fingerprint density at radius 1 is 0.220 bits per heavy atom. The van der Waals surface area contributed by atoms with Crippen molar-refractivity contribution in [3.63, 3.8) is 0 Å². The summed E-state index contributed by atoms with van der Waals surface area (Å²) in [6.45, 7) is 15.2. The van der Waals surface area contributed by atoms with Crippen LogP contribution in [-0.4, -0.2) is 52.9 Å². The first kappa shape index (κ1) is 82.0. The second-order valence-corrected chi connectivity index (χ2v) is 38.1. The van der Waals surface area contributed by atoms with Crippen LogP contribution >= 0.6 is 0 Å². The normalized spacial score (nSPS) is 21.2. The van der Waals surface area contributed by atoms with Crippen molar-refractivity contribution in [2.24, 2.45) is 71.0 Å². The van der Waals surface area contributed by atoms with E-state index in [4.69, 9.17) is 37.9 Å². The van der Waals surface area contributed by atoms with Crippen molar-refractivity contribution in [1.82, 2.24) is 0 Å². The van der Waals surface area contributed by atoms with E-state index < -0.39 is 0 Å². The average molecular weight is 1680 g/mol. The van der Waals surface area contributed by atoms with Crippen molar-refractivity contribution in [3.05, 3.63) is 291 Å². The molecule has 4 aliphatic heterocycles. The summed E-state index contributed by atoms with van der Waals surface area (Å²) in [6, 6.07) is 104. The van der Waals surface area contributed by atoms with Crippen molar-refractivity contribution < 1.29 is 37.9 Å². The van der Waals surface area contributed by atoms with Gasteiger partial charge in [0.15, 0.2) is 0 Å². The van der Waals surface area contributed by atoms with Crippen molar-refractivity contribution in [3.8, 4) is 90.5 Å². The third-order valence-corrected chi connectivity index (χ3v) is 30.5. The van der Waals surface area contributed by atoms with E-state index in [9.17, 15) is 0 Å². The molecule has 127 heavy (non-hydrogen) atoms. The summed E-state index contributed by atoms with van der Waals surface area (Å²) in [7, 11) is 0. The first-order chi connectivity index (χ1) is 62.7. The molecule has 0 amide bonds. The standard InChI is InChI=1S/C31H32O2.C30H30O2.2C29H28O2/c1-2-7-21-12-13-24(18-21)25-19-32-28-16-14-22-8-3-5-10-26(22)30(28)31-27-11-6-4-9-23(27)15-17-29(31)33-20-25;1-2-20-11-12-23(17-20)24-18-31-27-15-13-21-7-3-5-9-25(21)29(27)30-26-10-6-4-8-22(26)14-16-28(30)32-19-24;1-19-7-6-12-23(19)22-17-30-26-15-13-20-8-2-4-10-24(20)28(26)29-25-11-5-3-9-21(25)14-16-27(29)31-18-22;1-19-10-11-22(16-19)23-17-30-26-14-12-20-6-2-4-8-24(20)28(26)29-25-9-5-3-7-21(25)13-15-27(29)31-18-23/h3-6,8-11,14-17,21,24-25H,2,7,12-13,18-20H2,1H3;3-10,13-16,20,23-24H,2,11-12,17-19H2,1H3;2-5,8-11,13-16,19,22-23H,6-7,12,17-18H2,1H3;2-9,12-15,19,22-23H,10-11,16-18H2,1H3. The van der Waals surface area contributed by atoms with Crippen LogP contribution in [0.25, 0.3) is 131 Å². The first-order valence-corrected chi connectivity index (χ1v) is 47.9. The zero-order valence-corrected chi connectivity index (χ0v) is 74.2. The number of ether oxygens (including phenoxy) is 8. The maximum atomic E-state index is 6.66. The number of rotatable bonds is 7. The number of fused-ring (bicyclic) bond motifs is 28. The lowest BCUT2D eigenvalue weighted by Crippen LogP contribution is -2.29. The van der Waals surface area contributed by atoms with Gasteiger partial charge in [0.05, 0.1) is 52.9 Å². The van der Waals surface area contributed by atoms with Gasteiger partial charge in [-0.05, 0) is 227 Å². The minimum atomic E-state index is 0.411. The fourth-order valence-corrected chi connectivity index (χ4v) is 23.5. The van der Waals surface area contributed by atoms with Crippen LogP contribution in [0.3, 0.4) is 0 Å². The van der Waals surface area contributed by atoms with Gasteiger partial charge < -0.3 is 37.9 Å². The van der Waals surface area contributed by atoms with Crippen molar-refractivity contribution >= 4 is 86.2 Å². The van der Waals surface area contributed by atoms with E-state index in [0.29, 0.717) is 73.8 Å². The Balaban J connectivity index is 0.000000103. The second kappa shape index (κ2) is 36.8. The molecule has 0 N–H and O–H groups in total. The first-order valence-electron chi connectivity index (χ1n) is 47.9. The minimum absolute atomic E-state index is 0.411. The topological polar surface area (TPSA) is 73.8 Å². The SMILES string of the molecule is CC1CCC(C2COc3ccc4ccccc4c3-c3c(ccc4ccccc34)OC2)C1.CC1CCCC1C1COc2ccc3ccccc3c2-c2c(ccc3ccccc23)OC1.CCC1CCC(C2COc3ccc4ccccc4c3-c3c(ccc4ccccc34)OC2)C1.CCCC1CCC(C2COc3ccc4ccccc4c3-c3c(ccc4ccccc34)OC2)C1. The van der Waals surface area contributed by atoms with E-state index in [0.717, 1.165) is 141 Å². The number of benzene rings is 16. The van der Waals surface area contributed by atoms with Crippen LogP contribution in [0.4, 0.5) is 0 Å². The molecule has 8 nitrogen and oxygen atoms in total. The quantitative estimate of drug-likeness (QED) is 0.156. The molecule has 0 spiro atoms. The molecule has 8 heteroatoms. The Morgan fingerprint density at radius 2 is 0.457 bits per heavy atom. The molecule has 0 bridgehead atoms. The van der Waals surface area contributed by atoms with Crippen LogP contribution in [0.2, 0.25) is 0 Å². The van der Waals surface area contributed by atoms with Crippen LogP contribution in [0.15, 0.2) is 291 Å². The van der Waals surface area contributed by atoms with Crippen LogP contribution in [0.5, 0.6) is 46.0 Å². The molecule has 4 heterocycles. The predicted molar refractivity (Wildman–Crippen MR) is 525 cm³/mol. The largest absolute Gasteiger partial charge is 0.492 e. The smallest absolute Gasteiger partial charge is 0.127 e. The molecular weight excluding hydrogens is 1560 g/mol. The average Bonchev–Trinajstić information content (AvgIpc) is 1.73. The molecule has 4 fully saturated rings. The lowest BCUT2D eigenvalue weighted by atomic mass is 9.85. The molecular formula is C119H118O8. The molecule has 24 rings (SSSR count). The summed E-state index contributed by atoms with van der Waals surface area (Å²) in [5.74, 6) is 15.5. The minimum Gasteiger partial charge on any atom is -0.492 e. The highest BCUT2D eigenvalue weighted by atomic mass is 16.5. The molecule has 0 saturated heterocycles. The van der Waals surface area contributed by atoms with E-state index in [1.165, 1.54) is 182 Å². The maximum absolute atomic E-state index is 6.66. The highest BCUT2D eigenvalue weighted by Gasteiger charge is 2.39. The Morgan fingerprint density at radius 3 is 0.685 bits per heavy atom. The number of hydrogen-bond acceptors (Lipinski definition) is 8. The van der Waals surface area contributed by atoms with Gasteiger partial charge in [-0.3, -0.25) is 0 Å². The molecule has 4 aliphatic carbocycles. The van der Waals surface area contributed by atoms with Gasteiger partial charge in [-0.2, -0.15) is 0 Å². The fraction of sp³-hybridized carbons (Fsp3) is 0.328. The van der Waals surface area contributed by atoms with Gasteiger partial charge in [0.25, 0.3) is 0 Å². The molecule has 4 saturated carbocycles. The highest BCUT2D eigenvalue weighted by molar-refractivity contribution is 6.14. The summed E-state index contributed by atoms with van der Waals surface area (Å²) in [4.78, 5) is 0. The summed E-state index contributed by atoms with van der Waals surface area (Å²) >= 11 is 0. The summed E-state index contributed by atoms with van der Waals surface area (Å²) in [6.07, 6.45) is 19.7. The third-order valence-electron chi connectivity index (χ3n) is 30.5. The van der Waals surface area contributed by atoms with Crippen molar-refractivity contribution in [2.75, 3.05) is 52.9 Å². The van der Waals surface area contributed by atoms with Gasteiger partial charge >= 0.3 is 0 Å². The number of hydrogen-bond donors (Lipinski definition) is 0. The van der Waals surface area contributed by atoms with E-state index >= 15 is 0 Å². The molecule has 8 unspecified atom stereocenters. The predicted octanol–water partition coefficient (Wildman–Crippen LogP) is 31.1. The van der Waals surface area contributed by atoms with Gasteiger partial charge in [0.1, 0.15) is 46.0 Å². The summed E-state index contributed by atoms with van der Waals surface area (Å²) < 4.78 is 53.0. The van der Waals surface area contributed by atoms with Crippen LogP contribution < -0.4 is 37.9 Å². The Kier molecular flexibility index (Phi) is 23.7. The third kappa shape index (κ3) is 16.5. The second-order valence-electron chi connectivity index (χ2n) is 38.1. The van der Waals surface area contributed by atoms with Crippen molar-refractivity contribution in [1.29, 1.82) is 0 Å². The highest BCUT2D eigenvalue weighted by Crippen LogP contribution is 2.54. The molecule has 8 aliphatic rings. The molecule has 0 radical (unpaired) electrons. The van der Waals surface area contributed by atoms with E-state index in [2.05, 4.69) is 319 Å². The van der Waals surface area contributed by atoms with Crippen LogP contribution in [0.1, 0.15) is 124 Å². The summed E-state index contributed by atoms with van der Waals surface area (Å²) in [5.41, 5.74) is 9.28. The van der Waals surface area contributed by atoms with Gasteiger partial charge in [0.2, 0.25) is 0 Å². The van der Waals surface area contributed by atoms with Crippen molar-refractivity contribution in [2.45, 2.75) is 124 Å². The Hall–Kier alpha value is -12.0. The zero-order valence-electron chi connectivity index (χ0n) is 74.2. The van der Waals surface area contributed by atoms with E-state index in [1.54, 1.807) is 0 Å². The lowest BCUT2D eigenvalue weighted by molar-refractivity contribution is 0.116. The van der Waals surface area contributed by atoms with Gasteiger partial charge in [-0.1, -0.05) is 322 Å². The van der Waals surface area contributed by atoms with Gasteiger partial charge in [0, 0.05) is 68.2 Å². The van der Waals surface area contributed by atoms with Crippen LogP contribution in [0, 0.1) is 71.0 Å². The van der Waals surface area contributed by atoms with E-state index in [1.807, 2.05) is 0 Å². The molecule has 16 aromatic carbocycles. The fourth-order valence-electron chi connectivity index (χ4n) is 23.5. The summed E-state index contributed by atoms with van der Waals surface area (Å²) in [5, 5.41) is 19.6. The lowest BCUT2D eigenvalue weighted by Gasteiger charge is -2.26. The van der Waals surface area contributed by atoms with Gasteiger partial charge in [-0.25, -0.2) is 0 Å². The maximum Gasteiger partial charge on any atom is 0.127 e. The zero-order chi connectivity index (χ0) is 85.3. The van der Waals surface area contributed by atoms with E-state index in [-0.39, 0.29) is 0 Å². The molecule has 8 atom stereocenters. The Bertz CT molecular complexity index is 6320. The molecule has 0 aromatic heterocycles. The molecule has 642 valence electrons. The molecule has 16 aromatic rings. The Labute approximate surface area is 748 Å². The van der Waals surface area contributed by atoms with Gasteiger partial charge in [-0.15, -0.1) is 0 Å². The monoisotopic (exact) mass is 1670 g/mol.